The maximum Gasteiger partial charge on any atom is 0.259 e. The number of likely N-dealkylation sites (tertiary alicyclic amines) is 1. The van der Waals surface area contributed by atoms with E-state index in [1.807, 2.05) is 17.9 Å². The normalized spacial score (nSPS) is 15.0. The molecule has 7 nitrogen and oxygen atoms in total. The first-order valence-corrected chi connectivity index (χ1v) is 13.2. The monoisotopic (exact) mass is 493 g/mol. The van der Waals surface area contributed by atoms with Crippen molar-refractivity contribution >= 4 is 5.91 Å². The topological polar surface area (TPSA) is 85.0 Å². The molecule has 0 radical (unpaired) electrons. The van der Waals surface area contributed by atoms with Crippen molar-refractivity contribution in [1.29, 1.82) is 0 Å². The minimum Gasteiger partial charge on any atom is -0.343 e. The zero-order chi connectivity index (χ0) is 25.2. The maximum atomic E-state index is 12.9. The van der Waals surface area contributed by atoms with Crippen LogP contribution in [0.15, 0.2) is 59.3 Å². The van der Waals surface area contributed by atoms with Crippen molar-refractivity contribution in [2.45, 2.75) is 51.9 Å². The summed E-state index contributed by atoms with van der Waals surface area (Å²) in [6.45, 7) is 3.49. The highest BCUT2D eigenvalue weighted by atomic mass is 16.5. The Morgan fingerprint density at radius 2 is 1.89 bits per heavy atom. The van der Waals surface area contributed by atoms with Crippen molar-refractivity contribution in [2.24, 2.45) is 5.92 Å². The van der Waals surface area contributed by atoms with Gasteiger partial charge in [0.2, 0.25) is 5.91 Å². The van der Waals surface area contributed by atoms with Crippen molar-refractivity contribution in [3.63, 3.8) is 0 Å². The van der Waals surface area contributed by atoms with Crippen molar-refractivity contribution in [1.82, 2.24) is 25.2 Å². The highest BCUT2D eigenvalue weighted by Gasteiger charge is 2.24. The third kappa shape index (κ3) is 5.17. The molecule has 1 saturated heterocycles. The van der Waals surface area contributed by atoms with E-state index in [1.54, 1.807) is 6.20 Å². The molecule has 1 aliphatic heterocycles. The fraction of sp³-hybridized carbons (Fsp3) is 0.367. The first-order valence-electron chi connectivity index (χ1n) is 13.2. The van der Waals surface area contributed by atoms with E-state index < -0.39 is 0 Å². The SMILES string of the molecule is Cc1cc(-c2nc(CC3CCN(C(=O)CCCc4ccc5c(c4)-c4ccccc4C5)CC3)no2)cnn1. The number of aromatic nitrogens is 4. The lowest BCUT2D eigenvalue weighted by molar-refractivity contribution is -0.132. The molecule has 7 heteroatoms. The Hall–Kier alpha value is -3.87. The number of hydrogen-bond acceptors (Lipinski definition) is 6. The van der Waals surface area contributed by atoms with Crippen molar-refractivity contribution < 1.29 is 9.32 Å². The Labute approximate surface area is 216 Å². The second kappa shape index (κ2) is 10.2. The fourth-order valence-electron chi connectivity index (χ4n) is 5.62. The quantitative estimate of drug-likeness (QED) is 0.309. The van der Waals surface area contributed by atoms with Crippen LogP contribution in [-0.4, -0.2) is 44.2 Å². The van der Waals surface area contributed by atoms with E-state index in [2.05, 4.69) is 62.8 Å². The second-order valence-electron chi connectivity index (χ2n) is 10.3. The summed E-state index contributed by atoms with van der Waals surface area (Å²) in [4.78, 5) is 19.4. The molecule has 0 saturated carbocycles. The van der Waals surface area contributed by atoms with E-state index in [-0.39, 0.29) is 5.91 Å². The van der Waals surface area contributed by atoms with Crippen LogP contribution in [-0.2, 0) is 24.1 Å². The molecular weight excluding hydrogens is 462 g/mol. The van der Waals surface area contributed by atoms with Gasteiger partial charge in [0, 0.05) is 25.9 Å². The van der Waals surface area contributed by atoms with Gasteiger partial charge < -0.3 is 9.42 Å². The zero-order valence-corrected chi connectivity index (χ0v) is 21.2. The van der Waals surface area contributed by atoms with Gasteiger partial charge in [-0.05, 0) is 78.8 Å². The predicted octanol–water partition coefficient (Wildman–Crippen LogP) is 5.21. The third-order valence-electron chi connectivity index (χ3n) is 7.65. The molecule has 2 aromatic carbocycles. The van der Waals surface area contributed by atoms with Crippen molar-refractivity contribution in [3.8, 4) is 22.6 Å². The standard InChI is InChI=1S/C30H31N5O2/c1-20-15-25(19-31-33-20)30-32-28(34-37-30)17-22-11-13-35(14-12-22)29(36)8-4-5-21-9-10-24-18-23-6-2-3-7-26(23)27(24)16-21/h2-3,6-7,9-10,15-16,19,22H,4-5,8,11-14,17-18H2,1H3. The third-order valence-corrected chi connectivity index (χ3v) is 7.65. The van der Waals surface area contributed by atoms with E-state index in [4.69, 9.17) is 4.52 Å². The van der Waals surface area contributed by atoms with E-state index in [9.17, 15) is 4.79 Å². The number of hydrogen-bond donors (Lipinski definition) is 0. The van der Waals surface area contributed by atoms with Crippen LogP contribution in [0.2, 0.25) is 0 Å². The van der Waals surface area contributed by atoms with Gasteiger partial charge in [-0.3, -0.25) is 4.79 Å². The molecule has 1 fully saturated rings. The number of fused-ring (bicyclic) bond motifs is 3. The summed E-state index contributed by atoms with van der Waals surface area (Å²) in [6, 6.07) is 17.4. The highest BCUT2D eigenvalue weighted by Crippen LogP contribution is 2.37. The van der Waals surface area contributed by atoms with E-state index in [1.165, 1.54) is 27.8 Å². The Balaban J connectivity index is 0.963. The largest absolute Gasteiger partial charge is 0.343 e. The minimum atomic E-state index is 0.271. The molecule has 4 aromatic rings. The summed E-state index contributed by atoms with van der Waals surface area (Å²) in [6.07, 6.45) is 7.79. The van der Waals surface area contributed by atoms with Gasteiger partial charge in [0.25, 0.3) is 5.89 Å². The van der Waals surface area contributed by atoms with Gasteiger partial charge in [-0.2, -0.15) is 15.2 Å². The predicted molar refractivity (Wildman–Crippen MR) is 141 cm³/mol. The van der Waals surface area contributed by atoms with Gasteiger partial charge in [-0.1, -0.05) is 47.6 Å². The highest BCUT2D eigenvalue weighted by molar-refractivity contribution is 5.77. The number of carbonyl (C=O) groups excluding carboxylic acids is 1. The van der Waals surface area contributed by atoms with E-state index in [0.717, 1.165) is 62.9 Å². The Morgan fingerprint density at radius 1 is 1.05 bits per heavy atom. The smallest absolute Gasteiger partial charge is 0.259 e. The molecule has 188 valence electrons. The van der Waals surface area contributed by atoms with Crippen LogP contribution in [0.25, 0.3) is 22.6 Å². The molecule has 0 atom stereocenters. The number of rotatable bonds is 7. The Kier molecular flexibility index (Phi) is 6.51. The molecule has 1 aliphatic carbocycles. The molecule has 3 heterocycles. The van der Waals surface area contributed by atoms with Gasteiger partial charge in [0.05, 0.1) is 17.5 Å². The molecule has 0 unspecified atom stereocenters. The average Bonchev–Trinajstić information content (AvgIpc) is 3.53. The summed E-state index contributed by atoms with van der Waals surface area (Å²) >= 11 is 0. The maximum absolute atomic E-state index is 12.9. The van der Waals surface area contributed by atoms with Crippen molar-refractivity contribution in [3.05, 3.63) is 82.9 Å². The second-order valence-corrected chi connectivity index (χ2v) is 10.3. The van der Waals surface area contributed by atoms with Crippen molar-refractivity contribution in [2.75, 3.05) is 13.1 Å². The number of benzene rings is 2. The van der Waals surface area contributed by atoms with Crippen LogP contribution < -0.4 is 0 Å². The zero-order valence-electron chi connectivity index (χ0n) is 21.2. The lowest BCUT2D eigenvalue weighted by Gasteiger charge is -2.31. The van der Waals surface area contributed by atoms with Crippen LogP contribution in [0.3, 0.4) is 0 Å². The Morgan fingerprint density at radius 3 is 2.76 bits per heavy atom. The van der Waals surface area contributed by atoms with Gasteiger partial charge in [-0.25, -0.2) is 0 Å². The molecule has 0 N–H and O–H groups in total. The van der Waals surface area contributed by atoms with Gasteiger partial charge >= 0.3 is 0 Å². The summed E-state index contributed by atoms with van der Waals surface area (Å²) in [5.41, 5.74) is 8.46. The number of carbonyl (C=O) groups is 1. The molecule has 1 amide bonds. The first-order chi connectivity index (χ1) is 18.1. The van der Waals surface area contributed by atoms with E-state index in [0.29, 0.717) is 24.1 Å². The average molecular weight is 494 g/mol. The van der Waals surface area contributed by atoms with Gasteiger partial charge in [0.1, 0.15) is 0 Å². The summed E-state index contributed by atoms with van der Waals surface area (Å²) in [5, 5.41) is 12.1. The minimum absolute atomic E-state index is 0.271. The summed E-state index contributed by atoms with van der Waals surface area (Å²) < 4.78 is 5.44. The van der Waals surface area contributed by atoms with Crippen LogP contribution in [0.4, 0.5) is 0 Å². The fourth-order valence-corrected chi connectivity index (χ4v) is 5.62. The lowest BCUT2D eigenvalue weighted by atomic mass is 9.93. The number of aryl methyl sites for hydroxylation is 2. The van der Waals surface area contributed by atoms with Gasteiger partial charge in [0.15, 0.2) is 5.82 Å². The lowest BCUT2D eigenvalue weighted by Crippen LogP contribution is -2.38. The van der Waals surface area contributed by atoms with Crippen LogP contribution >= 0.6 is 0 Å². The molecule has 0 spiro atoms. The number of nitrogens with zero attached hydrogens (tertiary/aromatic N) is 5. The molecule has 6 rings (SSSR count). The van der Waals surface area contributed by atoms with Gasteiger partial charge in [-0.15, -0.1) is 0 Å². The summed E-state index contributed by atoms with van der Waals surface area (Å²) in [7, 11) is 0. The number of piperidine rings is 1. The van der Waals surface area contributed by atoms with Crippen LogP contribution in [0.5, 0.6) is 0 Å². The molecular formula is C30H31N5O2. The molecule has 2 aromatic heterocycles. The van der Waals surface area contributed by atoms with Crippen LogP contribution in [0.1, 0.15) is 53.9 Å². The molecule has 0 bridgehead atoms. The number of amides is 1. The first kappa shape index (κ1) is 23.5. The molecule has 37 heavy (non-hydrogen) atoms. The van der Waals surface area contributed by atoms with E-state index >= 15 is 0 Å². The Bertz CT molecular complexity index is 1420. The van der Waals surface area contributed by atoms with Crippen LogP contribution in [0, 0.1) is 12.8 Å². The summed E-state index contributed by atoms with van der Waals surface area (Å²) in [5.74, 6) is 1.92. The molecule has 2 aliphatic rings.